The minimum absolute atomic E-state index is 0.161. The normalized spacial score (nSPS) is 12.8. The number of carboxylic acid groups (broad SMARTS) is 1. The van der Waals surface area contributed by atoms with Gasteiger partial charge >= 0.3 is 17.8 Å². The Bertz CT molecular complexity index is 1090. The maximum Gasteiger partial charge on any atom is 0.490 e. The second-order valence-corrected chi connectivity index (χ2v) is 6.73. The Labute approximate surface area is 168 Å². The number of rotatable bonds is 5. The Morgan fingerprint density at radius 3 is 2.53 bits per heavy atom. The summed E-state index contributed by atoms with van der Waals surface area (Å²) in [5.41, 5.74) is 5.37. The highest BCUT2D eigenvalue weighted by Crippen LogP contribution is 2.25. The molecule has 10 heteroatoms. The van der Waals surface area contributed by atoms with Gasteiger partial charge in [-0.25, -0.2) is 9.59 Å². The topological polar surface area (TPSA) is 107 Å². The average molecular weight is 423 g/mol. The second-order valence-electron chi connectivity index (χ2n) is 6.73. The largest absolute Gasteiger partial charge is 0.493 e. The van der Waals surface area contributed by atoms with Crippen LogP contribution in [0.25, 0.3) is 11.0 Å². The zero-order valence-corrected chi connectivity index (χ0v) is 15.8. The van der Waals surface area contributed by atoms with Crippen molar-refractivity contribution >= 4 is 17.0 Å². The molecule has 0 atom stereocenters. The van der Waals surface area contributed by atoms with E-state index in [9.17, 15) is 18.0 Å². The molecular formula is C20H20F3N3O4. The molecule has 0 saturated heterocycles. The lowest BCUT2D eigenvalue weighted by Crippen LogP contribution is -2.21. The lowest BCUT2D eigenvalue weighted by molar-refractivity contribution is -0.192. The molecule has 0 amide bonds. The van der Waals surface area contributed by atoms with Gasteiger partial charge < -0.3 is 25.1 Å². The number of fused-ring (bicyclic) bond motifs is 2. The van der Waals surface area contributed by atoms with Gasteiger partial charge in [0.15, 0.2) is 0 Å². The molecule has 1 aromatic heterocycles. The van der Waals surface area contributed by atoms with E-state index in [1.807, 2.05) is 18.2 Å². The number of halogens is 3. The summed E-state index contributed by atoms with van der Waals surface area (Å²) in [6.45, 7) is 2.51. The molecule has 0 bridgehead atoms. The highest BCUT2D eigenvalue weighted by Gasteiger charge is 2.38. The molecule has 2 heterocycles. The van der Waals surface area contributed by atoms with Crippen molar-refractivity contribution in [2.75, 3.05) is 13.2 Å². The number of aliphatic carboxylic acids is 1. The van der Waals surface area contributed by atoms with Crippen LogP contribution in [0.15, 0.2) is 41.2 Å². The fourth-order valence-electron chi connectivity index (χ4n) is 3.05. The number of hydrogen-bond acceptors (Lipinski definition) is 4. The Morgan fingerprint density at radius 1 is 1.10 bits per heavy atom. The highest BCUT2D eigenvalue weighted by atomic mass is 19.4. The van der Waals surface area contributed by atoms with E-state index in [-0.39, 0.29) is 5.69 Å². The smallest absolute Gasteiger partial charge is 0.490 e. The van der Waals surface area contributed by atoms with Crippen LogP contribution >= 0.6 is 0 Å². The van der Waals surface area contributed by atoms with Gasteiger partial charge in [0.05, 0.1) is 17.6 Å². The van der Waals surface area contributed by atoms with Crippen molar-refractivity contribution in [2.45, 2.75) is 25.6 Å². The van der Waals surface area contributed by atoms with E-state index in [0.717, 1.165) is 54.9 Å². The number of H-pyrrole nitrogens is 2. The number of aromatic nitrogens is 2. The minimum Gasteiger partial charge on any atom is -0.493 e. The second kappa shape index (κ2) is 9.04. The Morgan fingerprint density at radius 2 is 1.80 bits per heavy atom. The molecule has 30 heavy (non-hydrogen) atoms. The SMILES string of the molecule is O=C(O)C(F)(F)F.O=c1[nH]c2ccc(CNCCc3ccc4c(c3)CCO4)cc2[nH]1. The van der Waals surface area contributed by atoms with Crippen LogP contribution < -0.4 is 15.7 Å². The Hall–Kier alpha value is -3.27. The summed E-state index contributed by atoms with van der Waals surface area (Å²) in [5.74, 6) is -1.72. The average Bonchev–Trinajstić information content (AvgIpc) is 3.29. The molecule has 0 fully saturated rings. The number of carboxylic acids is 1. The Kier molecular flexibility index (Phi) is 6.46. The third-order valence-corrected chi connectivity index (χ3v) is 4.50. The van der Waals surface area contributed by atoms with E-state index in [1.54, 1.807) is 0 Å². The number of imidazole rings is 1. The number of nitrogens with one attached hydrogen (secondary N) is 3. The van der Waals surface area contributed by atoms with Crippen LogP contribution in [0.5, 0.6) is 5.75 Å². The molecule has 0 spiro atoms. The van der Waals surface area contributed by atoms with Gasteiger partial charge in [0.1, 0.15) is 5.75 Å². The number of benzene rings is 2. The number of hydrogen-bond donors (Lipinski definition) is 4. The third-order valence-electron chi connectivity index (χ3n) is 4.50. The maximum absolute atomic E-state index is 11.3. The van der Waals surface area contributed by atoms with Gasteiger partial charge in [0.2, 0.25) is 0 Å². The first kappa shape index (κ1) is 21.4. The first-order valence-corrected chi connectivity index (χ1v) is 9.19. The van der Waals surface area contributed by atoms with E-state index < -0.39 is 12.1 Å². The predicted molar refractivity (Wildman–Crippen MR) is 104 cm³/mol. The predicted octanol–water partition coefficient (Wildman–Crippen LogP) is 2.76. The van der Waals surface area contributed by atoms with Crippen molar-refractivity contribution in [1.29, 1.82) is 0 Å². The summed E-state index contributed by atoms with van der Waals surface area (Å²) in [4.78, 5) is 25.7. The molecule has 1 aliphatic rings. The summed E-state index contributed by atoms with van der Waals surface area (Å²) in [6, 6.07) is 12.4. The highest BCUT2D eigenvalue weighted by molar-refractivity contribution is 5.75. The van der Waals surface area contributed by atoms with Gasteiger partial charge in [0, 0.05) is 13.0 Å². The number of aromatic amines is 2. The lowest BCUT2D eigenvalue weighted by Gasteiger charge is -2.07. The maximum atomic E-state index is 11.3. The summed E-state index contributed by atoms with van der Waals surface area (Å²) in [7, 11) is 0. The van der Waals surface area contributed by atoms with Gasteiger partial charge in [0.25, 0.3) is 0 Å². The molecule has 1 aliphatic heterocycles. The molecule has 3 aromatic rings. The van der Waals surface area contributed by atoms with Gasteiger partial charge in [-0.1, -0.05) is 18.2 Å². The van der Waals surface area contributed by atoms with Crippen LogP contribution in [0, 0.1) is 0 Å². The Balaban J connectivity index is 0.000000318. The molecule has 0 saturated carbocycles. The van der Waals surface area contributed by atoms with Crippen LogP contribution in [0.3, 0.4) is 0 Å². The van der Waals surface area contributed by atoms with E-state index in [2.05, 4.69) is 33.5 Å². The molecule has 0 radical (unpaired) electrons. The van der Waals surface area contributed by atoms with Crippen molar-refractivity contribution in [3.05, 3.63) is 63.6 Å². The molecule has 0 aliphatic carbocycles. The molecule has 4 N–H and O–H groups in total. The van der Waals surface area contributed by atoms with Crippen LogP contribution in [0.2, 0.25) is 0 Å². The van der Waals surface area contributed by atoms with Crippen molar-refractivity contribution in [3.63, 3.8) is 0 Å². The van der Waals surface area contributed by atoms with Crippen LogP contribution in [0.4, 0.5) is 13.2 Å². The fraction of sp³-hybridized carbons (Fsp3) is 0.300. The molecular weight excluding hydrogens is 403 g/mol. The summed E-state index contributed by atoms with van der Waals surface area (Å²) in [5, 5.41) is 10.6. The number of alkyl halides is 3. The van der Waals surface area contributed by atoms with Crippen molar-refractivity contribution in [2.24, 2.45) is 0 Å². The van der Waals surface area contributed by atoms with Gasteiger partial charge in [-0.3, -0.25) is 0 Å². The monoisotopic (exact) mass is 423 g/mol. The van der Waals surface area contributed by atoms with Crippen LogP contribution in [-0.2, 0) is 24.2 Å². The number of carbonyl (C=O) groups is 1. The molecule has 160 valence electrons. The first-order chi connectivity index (χ1) is 14.2. The molecule has 4 rings (SSSR count). The molecule has 2 aromatic carbocycles. The lowest BCUT2D eigenvalue weighted by atomic mass is 10.1. The van der Waals surface area contributed by atoms with E-state index in [1.165, 1.54) is 11.1 Å². The van der Waals surface area contributed by atoms with Crippen LogP contribution in [0.1, 0.15) is 16.7 Å². The number of ether oxygens (including phenoxy) is 1. The fourth-order valence-corrected chi connectivity index (χ4v) is 3.05. The summed E-state index contributed by atoms with van der Waals surface area (Å²) < 4.78 is 37.3. The van der Waals surface area contributed by atoms with Crippen molar-refractivity contribution in [3.8, 4) is 5.75 Å². The summed E-state index contributed by atoms with van der Waals surface area (Å²) in [6.07, 6.45) is -3.07. The van der Waals surface area contributed by atoms with Gasteiger partial charge in [-0.2, -0.15) is 13.2 Å². The standard InChI is InChI=1S/C18H19N3O2.C2HF3O2/c22-18-20-15-3-1-13(10-16(15)21-18)11-19-7-5-12-2-4-17-14(9-12)6-8-23-17;3-2(4,5)1(6)7/h1-4,9-10,19H,5-8,11H2,(H2,20,21,22);(H,6,7). The van der Waals surface area contributed by atoms with E-state index >= 15 is 0 Å². The zero-order valence-electron chi connectivity index (χ0n) is 15.8. The molecule has 7 nitrogen and oxygen atoms in total. The zero-order chi connectivity index (χ0) is 21.7. The minimum atomic E-state index is -5.08. The first-order valence-electron chi connectivity index (χ1n) is 9.19. The van der Waals surface area contributed by atoms with Gasteiger partial charge in [-0.05, 0) is 47.9 Å². The van der Waals surface area contributed by atoms with Crippen molar-refractivity contribution in [1.82, 2.24) is 15.3 Å². The van der Waals surface area contributed by atoms with E-state index in [4.69, 9.17) is 14.6 Å². The van der Waals surface area contributed by atoms with Gasteiger partial charge in [-0.15, -0.1) is 0 Å². The molecule has 0 unspecified atom stereocenters. The quantitative estimate of drug-likeness (QED) is 0.472. The van der Waals surface area contributed by atoms with Crippen molar-refractivity contribution < 1.29 is 27.8 Å². The van der Waals surface area contributed by atoms with E-state index in [0.29, 0.717) is 0 Å². The third kappa shape index (κ3) is 5.63. The van der Waals surface area contributed by atoms with Crippen LogP contribution in [-0.4, -0.2) is 40.4 Å². The summed E-state index contributed by atoms with van der Waals surface area (Å²) >= 11 is 0.